The smallest absolute Gasteiger partial charge is 0.191 e. The molecule has 1 aliphatic rings. The first kappa shape index (κ1) is 23.1. The molecule has 2 N–H and O–H groups in total. The van der Waals surface area contributed by atoms with E-state index in [1.54, 1.807) is 13.0 Å². The maximum Gasteiger partial charge on any atom is 0.191 e. The van der Waals surface area contributed by atoms with Crippen molar-refractivity contribution in [3.63, 3.8) is 0 Å². The van der Waals surface area contributed by atoms with Gasteiger partial charge >= 0.3 is 0 Å². The van der Waals surface area contributed by atoms with Crippen molar-refractivity contribution in [3.05, 3.63) is 35.1 Å². The van der Waals surface area contributed by atoms with Crippen LogP contribution in [0.25, 0.3) is 0 Å². The standard InChI is InChI=1S/C19H32FN5.HI/c1-4-21-19(23-15-17-6-7-18(20)16(2)14-17)22-8-11-25-10-5-9-24(3)12-13-25;/h6-7,14H,4-5,8-13,15H2,1-3H3,(H2,21,22,23);1H. The van der Waals surface area contributed by atoms with E-state index >= 15 is 0 Å². The molecule has 0 amide bonds. The number of guanidine groups is 1. The third-order valence-corrected chi connectivity index (χ3v) is 4.52. The molecule has 1 aliphatic heterocycles. The van der Waals surface area contributed by atoms with Gasteiger partial charge in [0.1, 0.15) is 5.82 Å². The van der Waals surface area contributed by atoms with Gasteiger partial charge in [-0.2, -0.15) is 0 Å². The average molecular weight is 477 g/mol. The van der Waals surface area contributed by atoms with Crippen molar-refractivity contribution in [2.45, 2.75) is 26.8 Å². The zero-order valence-corrected chi connectivity index (χ0v) is 18.6. The second kappa shape index (κ2) is 12.5. The van der Waals surface area contributed by atoms with Crippen LogP contribution in [0.15, 0.2) is 23.2 Å². The van der Waals surface area contributed by atoms with Crippen LogP contribution < -0.4 is 10.6 Å². The summed E-state index contributed by atoms with van der Waals surface area (Å²) in [5, 5.41) is 6.68. The van der Waals surface area contributed by atoms with Gasteiger partial charge in [-0.15, -0.1) is 24.0 Å². The van der Waals surface area contributed by atoms with Crippen LogP contribution in [-0.4, -0.2) is 68.6 Å². The van der Waals surface area contributed by atoms with Crippen LogP contribution in [0.3, 0.4) is 0 Å². The number of benzene rings is 1. The van der Waals surface area contributed by atoms with Gasteiger partial charge in [-0.25, -0.2) is 9.38 Å². The van der Waals surface area contributed by atoms with Crippen molar-refractivity contribution in [2.75, 3.05) is 52.9 Å². The Morgan fingerprint density at radius 3 is 2.73 bits per heavy atom. The molecule has 0 radical (unpaired) electrons. The Hall–Kier alpha value is -0.930. The first-order valence-corrected chi connectivity index (χ1v) is 9.26. The number of rotatable bonds is 6. The summed E-state index contributed by atoms with van der Waals surface area (Å²) in [6.45, 7) is 11.7. The molecule has 0 aliphatic carbocycles. The van der Waals surface area contributed by atoms with E-state index in [-0.39, 0.29) is 29.8 Å². The first-order chi connectivity index (χ1) is 12.1. The molecule has 0 unspecified atom stereocenters. The Balaban J connectivity index is 0.00000338. The lowest BCUT2D eigenvalue weighted by molar-refractivity contribution is 0.280. The highest BCUT2D eigenvalue weighted by Gasteiger charge is 2.11. The summed E-state index contributed by atoms with van der Waals surface area (Å²) in [5.74, 6) is 0.650. The Bertz CT molecular complexity index is 567. The maximum atomic E-state index is 13.3. The number of likely N-dealkylation sites (N-methyl/N-ethyl adjacent to an activating group) is 1. The second-order valence-electron chi connectivity index (χ2n) is 6.70. The van der Waals surface area contributed by atoms with Gasteiger partial charge in [0.2, 0.25) is 0 Å². The van der Waals surface area contributed by atoms with E-state index in [1.807, 2.05) is 6.07 Å². The van der Waals surface area contributed by atoms with Crippen molar-refractivity contribution < 1.29 is 4.39 Å². The van der Waals surface area contributed by atoms with Crippen molar-refractivity contribution in [1.82, 2.24) is 20.4 Å². The molecule has 1 aromatic rings. The first-order valence-electron chi connectivity index (χ1n) is 9.26. The molecule has 148 valence electrons. The predicted molar refractivity (Wildman–Crippen MR) is 118 cm³/mol. The minimum atomic E-state index is -0.166. The molecule has 0 aromatic heterocycles. The van der Waals surface area contributed by atoms with Gasteiger partial charge in [0, 0.05) is 32.7 Å². The van der Waals surface area contributed by atoms with Gasteiger partial charge in [0.25, 0.3) is 0 Å². The number of nitrogens with one attached hydrogen (secondary N) is 2. The lowest BCUT2D eigenvalue weighted by Gasteiger charge is -2.21. The van der Waals surface area contributed by atoms with Gasteiger partial charge in [0.05, 0.1) is 6.54 Å². The minimum Gasteiger partial charge on any atom is -0.357 e. The summed E-state index contributed by atoms with van der Waals surface area (Å²) in [6.07, 6.45) is 1.23. The van der Waals surface area contributed by atoms with E-state index in [9.17, 15) is 4.39 Å². The van der Waals surface area contributed by atoms with Crippen molar-refractivity contribution >= 4 is 29.9 Å². The highest BCUT2D eigenvalue weighted by molar-refractivity contribution is 14.0. The monoisotopic (exact) mass is 477 g/mol. The maximum absolute atomic E-state index is 13.3. The molecular formula is C19H33FIN5. The fourth-order valence-corrected chi connectivity index (χ4v) is 2.97. The quantitative estimate of drug-likeness (QED) is 0.376. The van der Waals surface area contributed by atoms with E-state index in [0.717, 1.165) is 50.8 Å². The van der Waals surface area contributed by atoms with Crippen LogP contribution in [0.5, 0.6) is 0 Å². The number of hydrogen-bond donors (Lipinski definition) is 2. The minimum absolute atomic E-state index is 0. The van der Waals surface area contributed by atoms with E-state index in [2.05, 4.69) is 39.4 Å². The van der Waals surface area contributed by atoms with Gasteiger partial charge in [0.15, 0.2) is 5.96 Å². The summed E-state index contributed by atoms with van der Waals surface area (Å²) in [6, 6.07) is 5.16. The predicted octanol–water partition coefficient (Wildman–Crippen LogP) is 2.44. The highest BCUT2D eigenvalue weighted by Crippen LogP contribution is 2.10. The molecule has 2 rings (SSSR count). The van der Waals surface area contributed by atoms with Gasteiger partial charge in [-0.1, -0.05) is 12.1 Å². The van der Waals surface area contributed by atoms with Crippen LogP contribution in [0.2, 0.25) is 0 Å². The topological polar surface area (TPSA) is 42.9 Å². The van der Waals surface area contributed by atoms with Crippen molar-refractivity contribution in [2.24, 2.45) is 4.99 Å². The summed E-state index contributed by atoms with van der Waals surface area (Å²) in [5.41, 5.74) is 1.68. The molecule has 1 heterocycles. The molecule has 0 bridgehead atoms. The summed E-state index contributed by atoms with van der Waals surface area (Å²) >= 11 is 0. The Kier molecular flexibility index (Phi) is 11.1. The fourth-order valence-electron chi connectivity index (χ4n) is 2.97. The molecule has 0 saturated carbocycles. The van der Waals surface area contributed by atoms with E-state index in [0.29, 0.717) is 12.1 Å². The van der Waals surface area contributed by atoms with Crippen LogP contribution in [0, 0.1) is 12.7 Å². The van der Waals surface area contributed by atoms with Crippen LogP contribution in [0.1, 0.15) is 24.5 Å². The Labute approximate surface area is 174 Å². The van der Waals surface area contributed by atoms with E-state index in [4.69, 9.17) is 0 Å². The molecule has 1 aromatic carbocycles. The summed E-state index contributed by atoms with van der Waals surface area (Å²) < 4.78 is 13.3. The van der Waals surface area contributed by atoms with Gasteiger partial charge in [-0.3, -0.25) is 0 Å². The van der Waals surface area contributed by atoms with E-state index < -0.39 is 0 Å². The summed E-state index contributed by atoms with van der Waals surface area (Å²) in [7, 11) is 2.19. The molecular weight excluding hydrogens is 444 g/mol. The zero-order valence-electron chi connectivity index (χ0n) is 16.2. The highest BCUT2D eigenvalue weighted by atomic mass is 127. The number of hydrogen-bond acceptors (Lipinski definition) is 3. The number of aryl methyl sites for hydroxylation is 1. The second-order valence-corrected chi connectivity index (χ2v) is 6.70. The Morgan fingerprint density at radius 2 is 2.00 bits per heavy atom. The summed E-state index contributed by atoms with van der Waals surface area (Å²) in [4.78, 5) is 9.51. The molecule has 1 fully saturated rings. The molecule has 0 spiro atoms. The van der Waals surface area contributed by atoms with Crippen molar-refractivity contribution in [3.8, 4) is 0 Å². The van der Waals surface area contributed by atoms with Crippen molar-refractivity contribution in [1.29, 1.82) is 0 Å². The molecule has 7 heteroatoms. The molecule has 5 nitrogen and oxygen atoms in total. The van der Waals surface area contributed by atoms with E-state index in [1.165, 1.54) is 19.0 Å². The lowest BCUT2D eigenvalue weighted by Crippen LogP contribution is -2.42. The third-order valence-electron chi connectivity index (χ3n) is 4.52. The molecule has 26 heavy (non-hydrogen) atoms. The largest absolute Gasteiger partial charge is 0.357 e. The van der Waals surface area contributed by atoms with Crippen LogP contribution >= 0.6 is 24.0 Å². The zero-order chi connectivity index (χ0) is 18.1. The molecule has 0 atom stereocenters. The number of aliphatic imine (C=N–C) groups is 1. The van der Waals surface area contributed by atoms with Gasteiger partial charge in [-0.05, 0) is 57.6 Å². The Morgan fingerprint density at radius 1 is 1.19 bits per heavy atom. The molecule has 1 saturated heterocycles. The SMILES string of the molecule is CCNC(=NCc1ccc(F)c(C)c1)NCCN1CCCN(C)CC1.I. The number of halogens is 2. The fraction of sp³-hybridized carbons (Fsp3) is 0.632. The third kappa shape index (κ3) is 8.18. The van der Waals surface area contributed by atoms with Crippen LogP contribution in [0.4, 0.5) is 4.39 Å². The van der Waals surface area contributed by atoms with Crippen LogP contribution in [-0.2, 0) is 6.54 Å². The lowest BCUT2D eigenvalue weighted by atomic mass is 10.1. The average Bonchev–Trinajstić information content (AvgIpc) is 2.80. The number of nitrogens with zero attached hydrogens (tertiary/aromatic N) is 3. The van der Waals surface area contributed by atoms with Gasteiger partial charge < -0.3 is 20.4 Å². The normalized spacial score (nSPS) is 16.7.